The van der Waals surface area contributed by atoms with E-state index in [1.807, 2.05) is 0 Å². The number of nitrogens with one attached hydrogen (secondary N) is 1. The number of anilines is 1. The molecule has 2 aromatic rings. The number of ether oxygens (including phenoxy) is 1. The monoisotopic (exact) mass is 395 g/mol. The van der Waals surface area contributed by atoms with Gasteiger partial charge < -0.3 is 21.0 Å². The molecule has 1 amide bonds. The summed E-state index contributed by atoms with van der Waals surface area (Å²) in [6.45, 7) is 4.32. The number of carbonyl (C=O) groups is 1. The van der Waals surface area contributed by atoms with Gasteiger partial charge in [0.15, 0.2) is 0 Å². The standard InChI is InChI=1S/C19H23ClFN3O3/c1-3-27-18-9-17(22)16(20)8-15(18)19(25)23-10-12(2)24(26)11-13-4-6-14(21)7-5-13/h4-9,12,26H,3,10-11,22H2,1-2H3,(H,23,25)/t12-/m1/s1. The van der Waals surface area contributed by atoms with E-state index in [1.54, 1.807) is 26.0 Å². The third kappa shape index (κ3) is 5.82. The Morgan fingerprint density at radius 1 is 1.37 bits per heavy atom. The van der Waals surface area contributed by atoms with E-state index >= 15 is 0 Å². The van der Waals surface area contributed by atoms with Crippen molar-refractivity contribution in [2.75, 3.05) is 18.9 Å². The smallest absolute Gasteiger partial charge is 0.255 e. The topological polar surface area (TPSA) is 87.8 Å². The van der Waals surface area contributed by atoms with Crippen molar-refractivity contribution in [3.63, 3.8) is 0 Å². The van der Waals surface area contributed by atoms with Crippen LogP contribution in [0.25, 0.3) is 0 Å². The van der Waals surface area contributed by atoms with E-state index in [0.29, 0.717) is 18.0 Å². The molecule has 0 aliphatic carbocycles. The maximum absolute atomic E-state index is 12.9. The molecule has 8 heteroatoms. The Balaban J connectivity index is 1.97. The van der Waals surface area contributed by atoms with Crippen LogP contribution >= 0.6 is 11.6 Å². The molecule has 0 spiro atoms. The molecule has 0 radical (unpaired) electrons. The molecule has 146 valence electrons. The van der Waals surface area contributed by atoms with Crippen LogP contribution in [-0.4, -0.2) is 35.4 Å². The highest BCUT2D eigenvalue weighted by atomic mass is 35.5. The zero-order valence-electron chi connectivity index (χ0n) is 15.2. The van der Waals surface area contributed by atoms with Crippen LogP contribution in [0.15, 0.2) is 36.4 Å². The van der Waals surface area contributed by atoms with Crippen molar-refractivity contribution in [3.8, 4) is 5.75 Å². The molecule has 2 rings (SSSR count). The van der Waals surface area contributed by atoms with Crippen molar-refractivity contribution in [3.05, 3.63) is 58.4 Å². The molecule has 0 saturated heterocycles. The molecule has 0 heterocycles. The Bertz CT molecular complexity index is 787. The summed E-state index contributed by atoms with van der Waals surface area (Å²) >= 11 is 6.01. The van der Waals surface area contributed by atoms with E-state index < -0.39 is 0 Å². The quantitative estimate of drug-likeness (QED) is 0.470. The number of nitrogens with zero attached hydrogens (tertiary/aromatic N) is 1. The number of nitrogen functional groups attached to an aromatic ring is 1. The second kappa shape index (κ2) is 9.55. The second-order valence-electron chi connectivity index (χ2n) is 6.09. The maximum Gasteiger partial charge on any atom is 0.255 e. The largest absolute Gasteiger partial charge is 0.493 e. The molecule has 0 aliphatic heterocycles. The van der Waals surface area contributed by atoms with Crippen LogP contribution in [-0.2, 0) is 6.54 Å². The Morgan fingerprint density at radius 2 is 2.04 bits per heavy atom. The third-order valence-electron chi connectivity index (χ3n) is 3.97. The Labute approximate surface area is 162 Å². The van der Waals surface area contributed by atoms with Gasteiger partial charge in [0.1, 0.15) is 11.6 Å². The molecule has 0 aliphatic rings. The summed E-state index contributed by atoms with van der Waals surface area (Å²) in [5.41, 5.74) is 7.10. The first-order valence-corrected chi connectivity index (χ1v) is 8.89. The molecular formula is C19H23ClFN3O3. The number of amides is 1. The molecule has 27 heavy (non-hydrogen) atoms. The highest BCUT2D eigenvalue weighted by Gasteiger charge is 2.18. The van der Waals surface area contributed by atoms with Crippen molar-refractivity contribution in [1.82, 2.24) is 10.4 Å². The highest BCUT2D eigenvalue weighted by molar-refractivity contribution is 6.33. The van der Waals surface area contributed by atoms with Gasteiger partial charge in [0.2, 0.25) is 0 Å². The molecule has 0 fully saturated rings. The zero-order valence-corrected chi connectivity index (χ0v) is 16.0. The lowest BCUT2D eigenvalue weighted by molar-refractivity contribution is -0.128. The lowest BCUT2D eigenvalue weighted by Crippen LogP contribution is -2.40. The number of rotatable bonds is 8. The zero-order chi connectivity index (χ0) is 20.0. The van der Waals surface area contributed by atoms with E-state index in [-0.39, 0.29) is 41.4 Å². The van der Waals surface area contributed by atoms with Crippen molar-refractivity contribution < 1.29 is 19.1 Å². The van der Waals surface area contributed by atoms with Gasteiger partial charge in [-0.15, -0.1) is 0 Å². The number of nitrogens with two attached hydrogens (primary N) is 1. The van der Waals surface area contributed by atoms with Crippen molar-refractivity contribution in [2.45, 2.75) is 26.4 Å². The van der Waals surface area contributed by atoms with Crippen LogP contribution in [0.5, 0.6) is 5.75 Å². The van der Waals surface area contributed by atoms with Crippen molar-refractivity contribution in [2.24, 2.45) is 0 Å². The minimum atomic E-state index is -0.387. The minimum Gasteiger partial charge on any atom is -0.493 e. The number of hydroxylamine groups is 2. The first-order valence-electron chi connectivity index (χ1n) is 8.51. The van der Waals surface area contributed by atoms with E-state index in [9.17, 15) is 14.4 Å². The molecule has 0 unspecified atom stereocenters. The van der Waals surface area contributed by atoms with Crippen LogP contribution in [0.2, 0.25) is 5.02 Å². The summed E-state index contributed by atoms with van der Waals surface area (Å²) < 4.78 is 18.4. The van der Waals surface area contributed by atoms with Gasteiger partial charge in [-0.2, -0.15) is 5.06 Å². The first-order chi connectivity index (χ1) is 12.8. The fraction of sp³-hybridized carbons (Fsp3) is 0.316. The maximum atomic E-state index is 12.9. The lowest BCUT2D eigenvalue weighted by atomic mass is 10.1. The van der Waals surface area contributed by atoms with Gasteiger partial charge in [0, 0.05) is 25.2 Å². The first kappa shape index (κ1) is 21.0. The van der Waals surface area contributed by atoms with Crippen LogP contribution in [0, 0.1) is 5.82 Å². The fourth-order valence-corrected chi connectivity index (χ4v) is 2.56. The van der Waals surface area contributed by atoms with Crippen LogP contribution in [0.4, 0.5) is 10.1 Å². The molecule has 1 atom stereocenters. The predicted molar refractivity (Wildman–Crippen MR) is 103 cm³/mol. The van der Waals surface area contributed by atoms with Gasteiger partial charge >= 0.3 is 0 Å². The number of carbonyl (C=O) groups excluding carboxylic acids is 1. The van der Waals surface area contributed by atoms with Gasteiger partial charge in [-0.05, 0) is 37.6 Å². The molecule has 2 aromatic carbocycles. The second-order valence-corrected chi connectivity index (χ2v) is 6.49. The lowest BCUT2D eigenvalue weighted by Gasteiger charge is -2.23. The summed E-state index contributed by atoms with van der Waals surface area (Å²) in [5.74, 6) is -0.380. The average Bonchev–Trinajstić information content (AvgIpc) is 2.64. The number of hydrogen-bond donors (Lipinski definition) is 3. The molecule has 0 aromatic heterocycles. The van der Waals surface area contributed by atoms with Crippen LogP contribution < -0.4 is 15.8 Å². The number of halogens is 2. The fourth-order valence-electron chi connectivity index (χ4n) is 2.40. The van der Waals surface area contributed by atoms with Gasteiger partial charge in [-0.1, -0.05) is 23.7 Å². The predicted octanol–water partition coefficient (Wildman–Crippen LogP) is 3.47. The molecular weight excluding hydrogens is 373 g/mol. The molecule has 0 bridgehead atoms. The van der Waals surface area contributed by atoms with Crippen molar-refractivity contribution in [1.29, 1.82) is 0 Å². The molecule has 0 saturated carbocycles. The summed E-state index contributed by atoms with van der Waals surface area (Å²) in [6.07, 6.45) is 0. The van der Waals surface area contributed by atoms with Gasteiger partial charge in [0.25, 0.3) is 5.91 Å². The van der Waals surface area contributed by atoms with E-state index in [4.69, 9.17) is 22.1 Å². The van der Waals surface area contributed by atoms with Gasteiger partial charge in [-0.3, -0.25) is 4.79 Å². The Hall–Kier alpha value is -2.35. The number of benzene rings is 2. The number of hydrogen-bond acceptors (Lipinski definition) is 5. The normalized spacial score (nSPS) is 12.1. The summed E-state index contributed by atoms with van der Waals surface area (Å²) in [7, 11) is 0. The third-order valence-corrected chi connectivity index (χ3v) is 4.30. The summed E-state index contributed by atoms with van der Waals surface area (Å²) in [5, 5.41) is 14.2. The highest BCUT2D eigenvalue weighted by Crippen LogP contribution is 2.29. The molecule has 4 N–H and O–H groups in total. The van der Waals surface area contributed by atoms with E-state index in [2.05, 4.69) is 5.32 Å². The summed E-state index contributed by atoms with van der Waals surface area (Å²) in [6, 6.07) is 8.43. The van der Waals surface area contributed by atoms with Gasteiger partial charge in [-0.25, -0.2) is 4.39 Å². The average molecular weight is 396 g/mol. The van der Waals surface area contributed by atoms with Gasteiger partial charge in [0.05, 0.1) is 22.9 Å². The Kier molecular flexibility index (Phi) is 7.41. The minimum absolute atomic E-state index is 0.185. The van der Waals surface area contributed by atoms with Crippen LogP contribution in [0.1, 0.15) is 29.8 Å². The van der Waals surface area contributed by atoms with Crippen LogP contribution in [0.3, 0.4) is 0 Å². The molecule has 6 nitrogen and oxygen atoms in total. The van der Waals surface area contributed by atoms with E-state index in [0.717, 1.165) is 10.6 Å². The SMILES string of the molecule is CCOc1cc(N)c(Cl)cc1C(=O)NC[C@@H](C)N(O)Cc1ccc(F)cc1. The Morgan fingerprint density at radius 3 is 2.67 bits per heavy atom. The van der Waals surface area contributed by atoms with Crippen molar-refractivity contribution >= 4 is 23.2 Å². The van der Waals surface area contributed by atoms with E-state index in [1.165, 1.54) is 24.3 Å². The summed E-state index contributed by atoms with van der Waals surface area (Å²) in [4.78, 5) is 12.5.